The summed E-state index contributed by atoms with van der Waals surface area (Å²) in [4.78, 5) is 19.8. The summed E-state index contributed by atoms with van der Waals surface area (Å²) < 4.78 is 0. The molecular formula is C52H34N4. The lowest BCUT2D eigenvalue weighted by Crippen LogP contribution is -1.95. The molecule has 4 nitrogen and oxygen atoms in total. The van der Waals surface area contributed by atoms with Gasteiger partial charge < -0.3 is 0 Å². The average Bonchev–Trinajstić information content (AvgIpc) is 3.29. The van der Waals surface area contributed by atoms with E-state index in [9.17, 15) is 0 Å². The summed E-state index contributed by atoms with van der Waals surface area (Å²) in [6.45, 7) is 0. The number of nitrogens with zero attached hydrogens (tertiary/aromatic N) is 4. The van der Waals surface area contributed by atoms with Crippen molar-refractivity contribution in [3.8, 4) is 78.5 Å². The van der Waals surface area contributed by atoms with Crippen LogP contribution in [0.15, 0.2) is 207 Å². The van der Waals surface area contributed by atoms with Crippen molar-refractivity contribution in [3.05, 3.63) is 207 Å². The first-order valence-corrected chi connectivity index (χ1v) is 18.8. The van der Waals surface area contributed by atoms with Crippen molar-refractivity contribution < 1.29 is 0 Å². The molecule has 0 N–H and O–H groups in total. The third kappa shape index (κ3) is 6.19. The van der Waals surface area contributed by atoms with Gasteiger partial charge in [0.1, 0.15) is 0 Å². The zero-order valence-electron chi connectivity index (χ0n) is 30.4. The van der Waals surface area contributed by atoms with Crippen molar-refractivity contribution in [3.63, 3.8) is 0 Å². The van der Waals surface area contributed by atoms with E-state index in [2.05, 4.69) is 168 Å². The first-order chi connectivity index (χ1) is 27.8. The Morgan fingerprint density at radius 2 is 0.804 bits per heavy atom. The van der Waals surface area contributed by atoms with E-state index in [4.69, 9.17) is 9.97 Å². The molecular weight excluding hydrogens is 681 g/mol. The number of para-hydroxylation sites is 1. The van der Waals surface area contributed by atoms with E-state index in [-0.39, 0.29) is 0 Å². The van der Waals surface area contributed by atoms with Crippen LogP contribution in [-0.2, 0) is 0 Å². The molecule has 0 unspecified atom stereocenters. The molecule has 4 aromatic heterocycles. The molecule has 56 heavy (non-hydrogen) atoms. The highest BCUT2D eigenvalue weighted by molar-refractivity contribution is 6.19. The van der Waals surface area contributed by atoms with Crippen LogP contribution in [0.25, 0.3) is 100 Å². The van der Waals surface area contributed by atoms with E-state index >= 15 is 0 Å². The van der Waals surface area contributed by atoms with Crippen molar-refractivity contribution in [2.45, 2.75) is 0 Å². The molecule has 0 amide bonds. The molecule has 0 aliphatic carbocycles. The Bertz CT molecular complexity index is 2930. The van der Waals surface area contributed by atoms with Crippen LogP contribution in [0.3, 0.4) is 0 Å². The Labute approximate surface area is 325 Å². The summed E-state index contributed by atoms with van der Waals surface area (Å²) in [5, 5.41) is 3.45. The Morgan fingerprint density at radius 3 is 1.46 bits per heavy atom. The molecule has 0 atom stereocenters. The van der Waals surface area contributed by atoms with Gasteiger partial charge in [0.15, 0.2) is 0 Å². The third-order valence-electron chi connectivity index (χ3n) is 10.4. The van der Waals surface area contributed by atoms with Crippen LogP contribution in [0.2, 0.25) is 0 Å². The molecule has 262 valence electrons. The number of hydrogen-bond donors (Lipinski definition) is 0. The number of pyridine rings is 4. The summed E-state index contributed by atoms with van der Waals surface area (Å²) in [6.07, 6.45) is 3.60. The molecule has 6 aromatic carbocycles. The summed E-state index contributed by atoms with van der Waals surface area (Å²) in [5.74, 6) is 0. The maximum atomic E-state index is 5.57. The average molecular weight is 715 g/mol. The fourth-order valence-corrected chi connectivity index (χ4v) is 7.70. The topological polar surface area (TPSA) is 51.6 Å². The second kappa shape index (κ2) is 14.3. The minimum absolute atomic E-state index is 0.802. The lowest BCUT2D eigenvalue weighted by atomic mass is 9.90. The largest absolute Gasteiger partial charge is 0.255 e. The van der Waals surface area contributed by atoms with Gasteiger partial charge in [-0.25, -0.2) is 9.97 Å². The van der Waals surface area contributed by atoms with Crippen LogP contribution in [0, 0.1) is 0 Å². The van der Waals surface area contributed by atoms with E-state index in [1.54, 1.807) is 12.4 Å². The molecule has 0 aliphatic rings. The molecule has 0 radical (unpaired) electrons. The molecule has 4 heterocycles. The maximum Gasteiger partial charge on any atom is 0.0900 e. The molecule has 0 spiro atoms. The second-order valence-electron chi connectivity index (χ2n) is 13.8. The van der Waals surface area contributed by atoms with Crippen molar-refractivity contribution in [2.75, 3.05) is 0 Å². The van der Waals surface area contributed by atoms with Gasteiger partial charge in [0.05, 0.1) is 34.0 Å². The number of benzene rings is 6. The normalized spacial score (nSPS) is 11.2. The van der Waals surface area contributed by atoms with Crippen LogP contribution in [-0.4, -0.2) is 19.9 Å². The zero-order chi connectivity index (χ0) is 37.3. The smallest absolute Gasteiger partial charge is 0.0900 e. The van der Waals surface area contributed by atoms with Gasteiger partial charge >= 0.3 is 0 Å². The molecule has 0 saturated carbocycles. The standard InChI is InChI=1S/C52H34N4/c1-3-14-35(15-4-1)39-18-11-19-40(32-39)51-44-22-12-20-42(37-16-5-2-6-17-37)50(44)45-23-13-21-43(52(45)56-51)38-28-26-36(27-29-38)41-33-48(46-24-7-9-30-53-46)55-49(34-41)47-25-8-10-31-54-47/h1-34H. The molecule has 0 fully saturated rings. The lowest BCUT2D eigenvalue weighted by molar-refractivity contribution is 1.22. The van der Waals surface area contributed by atoms with E-state index in [0.717, 1.165) is 78.1 Å². The van der Waals surface area contributed by atoms with Crippen LogP contribution < -0.4 is 0 Å². The van der Waals surface area contributed by atoms with Crippen molar-refractivity contribution in [2.24, 2.45) is 0 Å². The lowest BCUT2D eigenvalue weighted by Gasteiger charge is -2.17. The third-order valence-corrected chi connectivity index (χ3v) is 10.4. The van der Waals surface area contributed by atoms with Gasteiger partial charge in [-0.1, -0.05) is 152 Å². The highest BCUT2D eigenvalue weighted by Crippen LogP contribution is 2.42. The quantitative estimate of drug-likeness (QED) is 0.154. The van der Waals surface area contributed by atoms with Crippen molar-refractivity contribution in [1.82, 2.24) is 19.9 Å². The maximum absolute atomic E-state index is 5.57. The summed E-state index contributed by atoms with van der Waals surface area (Å²) in [7, 11) is 0. The molecule has 0 saturated heterocycles. The number of aromatic nitrogens is 4. The van der Waals surface area contributed by atoms with Gasteiger partial charge in [-0.05, 0) is 81.4 Å². The molecule has 0 aliphatic heterocycles. The van der Waals surface area contributed by atoms with Gasteiger partial charge in [-0.3, -0.25) is 9.97 Å². The molecule has 0 bridgehead atoms. The van der Waals surface area contributed by atoms with Gasteiger partial charge in [-0.2, -0.15) is 0 Å². The first kappa shape index (κ1) is 33.0. The minimum atomic E-state index is 0.802. The summed E-state index contributed by atoms with van der Waals surface area (Å²) in [5.41, 5.74) is 15.3. The highest BCUT2D eigenvalue weighted by Gasteiger charge is 2.18. The predicted octanol–water partition coefficient (Wildman–Crippen LogP) is 13.2. The highest BCUT2D eigenvalue weighted by atomic mass is 14.8. The summed E-state index contributed by atoms with van der Waals surface area (Å²) in [6, 6.07) is 67.9. The van der Waals surface area contributed by atoms with E-state index < -0.39 is 0 Å². The predicted molar refractivity (Wildman–Crippen MR) is 231 cm³/mol. The Kier molecular flexibility index (Phi) is 8.47. The minimum Gasteiger partial charge on any atom is -0.255 e. The molecule has 4 heteroatoms. The van der Waals surface area contributed by atoms with Gasteiger partial charge in [0, 0.05) is 39.7 Å². The monoisotopic (exact) mass is 714 g/mol. The van der Waals surface area contributed by atoms with Crippen molar-refractivity contribution >= 4 is 21.7 Å². The second-order valence-corrected chi connectivity index (χ2v) is 13.8. The van der Waals surface area contributed by atoms with Gasteiger partial charge in [0.2, 0.25) is 0 Å². The Morgan fingerprint density at radius 1 is 0.286 bits per heavy atom. The molecule has 10 rings (SSSR count). The van der Waals surface area contributed by atoms with Crippen LogP contribution in [0.5, 0.6) is 0 Å². The first-order valence-electron chi connectivity index (χ1n) is 18.8. The number of rotatable bonds is 7. The Balaban J connectivity index is 1.15. The fourth-order valence-electron chi connectivity index (χ4n) is 7.70. The number of fused-ring (bicyclic) bond motifs is 3. The summed E-state index contributed by atoms with van der Waals surface area (Å²) >= 11 is 0. The van der Waals surface area contributed by atoms with Gasteiger partial charge in [-0.15, -0.1) is 0 Å². The van der Waals surface area contributed by atoms with E-state index in [1.165, 1.54) is 22.1 Å². The van der Waals surface area contributed by atoms with E-state index in [0.29, 0.717) is 0 Å². The Hall–Kier alpha value is -7.56. The van der Waals surface area contributed by atoms with Crippen LogP contribution in [0.1, 0.15) is 0 Å². The van der Waals surface area contributed by atoms with E-state index in [1.807, 2.05) is 36.4 Å². The van der Waals surface area contributed by atoms with Gasteiger partial charge in [0.25, 0.3) is 0 Å². The van der Waals surface area contributed by atoms with Crippen molar-refractivity contribution in [1.29, 1.82) is 0 Å². The van der Waals surface area contributed by atoms with Crippen LogP contribution in [0.4, 0.5) is 0 Å². The SMILES string of the molecule is c1ccc(-c2cccc(-c3nc4c(-c5ccc(-c6cc(-c7ccccn7)nc(-c7ccccn7)c6)cc5)cccc4c4c(-c5ccccc5)cccc34)c2)cc1. The fraction of sp³-hybridized carbons (Fsp3) is 0. The van der Waals surface area contributed by atoms with Crippen LogP contribution >= 0.6 is 0 Å². The number of hydrogen-bond acceptors (Lipinski definition) is 4. The molecule has 10 aromatic rings. The zero-order valence-corrected chi connectivity index (χ0v) is 30.4.